The van der Waals surface area contributed by atoms with Gasteiger partial charge in [-0.3, -0.25) is 9.59 Å². The van der Waals surface area contributed by atoms with Crippen LogP contribution in [0.3, 0.4) is 0 Å². The van der Waals surface area contributed by atoms with E-state index in [1.165, 1.54) is 13.8 Å². The predicted octanol–water partition coefficient (Wildman–Crippen LogP) is 3.09. The van der Waals surface area contributed by atoms with E-state index < -0.39 is 51.6 Å². The second-order valence-electron chi connectivity index (χ2n) is 12.7. The zero-order valence-electron chi connectivity index (χ0n) is 23.0. The summed E-state index contributed by atoms with van der Waals surface area (Å²) >= 11 is 0. The van der Waals surface area contributed by atoms with Crippen molar-refractivity contribution in [1.29, 1.82) is 0 Å². The standard InChI is InChI=1S/C30H40O8/c1-17-15-24(38-25(33)18(17)2)27(5,34)30(36)14-13-29(35)22-10-9-20-7-6-8-23(32)26(20,4)21(22)11-12-28(29,30)16-37-19(3)31/h6-7,9,21-22,24,34-36H,8,10-16H2,1-5H3/t21-,22+,24+,26-,27-,28+,29+,30+/m0/s1. The number of ketones is 1. The molecule has 5 aliphatic rings. The molecule has 1 heterocycles. The van der Waals surface area contributed by atoms with Crippen LogP contribution in [-0.4, -0.2) is 62.6 Å². The Bertz CT molecular complexity index is 1180. The average molecular weight is 529 g/mol. The molecule has 8 nitrogen and oxygen atoms in total. The summed E-state index contributed by atoms with van der Waals surface area (Å²) in [5.41, 5.74) is -5.38. The molecule has 0 saturated heterocycles. The summed E-state index contributed by atoms with van der Waals surface area (Å²) in [4.78, 5) is 37.9. The topological polar surface area (TPSA) is 130 Å². The Labute approximate surface area is 223 Å². The number of aliphatic hydroxyl groups is 3. The van der Waals surface area contributed by atoms with E-state index in [9.17, 15) is 29.7 Å². The van der Waals surface area contributed by atoms with Crippen molar-refractivity contribution in [2.24, 2.45) is 22.7 Å². The van der Waals surface area contributed by atoms with Crippen molar-refractivity contribution in [2.75, 3.05) is 6.61 Å². The highest BCUT2D eigenvalue weighted by Crippen LogP contribution is 2.70. The molecule has 0 aromatic heterocycles. The summed E-state index contributed by atoms with van der Waals surface area (Å²) in [6, 6.07) is 0. The fourth-order valence-electron chi connectivity index (χ4n) is 8.68. The normalized spacial score (nSPS) is 43.9. The first-order chi connectivity index (χ1) is 17.7. The smallest absolute Gasteiger partial charge is 0.334 e. The lowest BCUT2D eigenvalue weighted by Gasteiger charge is -2.63. The van der Waals surface area contributed by atoms with Crippen LogP contribution in [0.1, 0.15) is 79.6 Å². The van der Waals surface area contributed by atoms with Gasteiger partial charge in [-0.15, -0.1) is 0 Å². The van der Waals surface area contributed by atoms with Gasteiger partial charge in [0.05, 0.1) is 16.4 Å². The van der Waals surface area contributed by atoms with E-state index in [0.29, 0.717) is 24.8 Å². The van der Waals surface area contributed by atoms with Gasteiger partial charge in [0.1, 0.15) is 29.7 Å². The van der Waals surface area contributed by atoms with Crippen LogP contribution in [0, 0.1) is 22.7 Å². The molecule has 0 spiro atoms. The third-order valence-corrected chi connectivity index (χ3v) is 11.3. The van der Waals surface area contributed by atoms with E-state index >= 15 is 0 Å². The number of rotatable bonds is 4. The maximum Gasteiger partial charge on any atom is 0.334 e. The van der Waals surface area contributed by atoms with Crippen molar-refractivity contribution in [3.63, 3.8) is 0 Å². The number of carbonyl (C=O) groups excluding carboxylic acids is 3. The molecule has 208 valence electrons. The molecule has 38 heavy (non-hydrogen) atoms. The van der Waals surface area contributed by atoms with Gasteiger partial charge in [0, 0.05) is 25.3 Å². The molecule has 1 aliphatic heterocycles. The largest absolute Gasteiger partial charge is 0.465 e. The SMILES string of the molecule is CC(=O)OC[C@]12CC[C@H]3[C@@H](CC=C4C=CCC(=O)[C@@]43C)[C@]1(O)CC[C@@]2(O)[C@@](C)(O)[C@H]1CC(C)=C(C)C(=O)O1. The van der Waals surface area contributed by atoms with E-state index in [1.807, 2.05) is 25.2 Å². The third kappa shape index (κ3) is 3.29. The van der Waals surface area contributed by atoms with Crippen LogP contribution in [0.5, 0.6) is 0 Å². The van der Waals surface area contributed by atoms with Crippen LogP contribution in [0.25, 0.3) is 0 Å². The first-order valence-electron chi connectivity index (χ1n) is 13.7. The Morgan fingerprint density at radius 1 is 1.18 bits per heavy atom. The summed E-state index contributed by atoms with van der Waals surface area (Å²) in [6.07, 6.45) is 6.87. The number of fused-ring (bicyclic) bond motifs is 5. The van der Waals surface area contributed by atoms with Crippen molar-refractivity contribution in [3.05, 3.63) is 34.9 Å². The van der Waals surface area contributed by atoms with E-state index in [2.05, 4.69) is 0 Å². The number of hydrogen-bond acceptors (Lipinski definition) is 8. The maximum absolute atomic E-state index is 13.3. The molecule has 0 aromatic rings. The minimum atomic E-state index is -1.95. The predicted molar refractivity (Wildman–Crippen MR) is 137 cm³/mol. The van der Waals surface area contributed by atoms with Gasteiger partial charge < -0.3 is 24.8 Å². The number of hydrogen-bond donors (Lipinski definition) is 3. The van der Waals surface area contributed by atoms with Crippen LogP contribution >= 0.6 is 0 Å². The molecule has 0 amide bonds. The summed E-state index contributed by atoms with van der Waals surface area (Å²) in [5.74, 6) is -1.54. The molecule has 0 bridgehead atoms. The Hall–Kier alpha value is -2.29. The van der Waals surface area contributed by atoms with Crippen LogP contribution in [0.4, 0.5) is 0 Å². The molecule has 2 fully saturated rings. The van der Waals surface area contributed by atoms with Gasteiger partial charge in [0.25, 0.3) is 0 Å². The lowest BCUT2D eigenvalue weighted by molar-refractivity contribution is -0.294. The summed E-state index contributed by atoms with van der Waals surface area (Å²) < 4.78 is 11.2. The fourth-order valence-corrected chi connectivity index (χ4v) is 8.68. The van der Waals surface area contributed by atoms with Crippen molar-refractivity contribution in [3.8, 4) is 0 Å². The Morgan fingerprint density at radius 3 is 2.55 bits per heavy atom. The van der Waals surface area contributed by atoms with Crippen molar-refractivity contribution < 1.29 is 39.2 Å². The second kappa shape index (κ2) is 8.60. The molecule has 2 saturated carbocycles. The summed E-state index contributed by atoms with van der Waals surface area (Å²) in [7, 11) is 0. The first kappa shape index (κ1) is 27.3. The lowest BCUT2D eigenvalue weighted by atomic mass is 9.44. The summed E-state index contributed by atoms with van der Waals surface area (Å²) in [5, 5.41) is 37.3. The number of allylic oxidation sites excluding steroid dienone is 4. The molecule has 5 rings (SSSR count). The van der Waals surface area contributed by atoms with Crippen molar-refractivity contribution in [1.82, 2.24) is 0 Å². The number of ether oxygens (including phenoxy) is 2. The van der Waals surface area contributed by atoms with Gasteiger partial charge in [-0.25, -0.2) is 4.79 Å². The molecule has 3 N–H and O–H groups in total. The van der Waals surface area contributed by atoms with E-state index in [1.54, 1.807) is 13.8 Å². The first-order valence-corrected chi connectivity index (χ1v) is 13.7. The molecule has 4 aliphatic carbocycles. The molecular formula is C30H40O8. The summed E-state index contributed by atoms with van der Waals surface area (Å²) in [6.45, 7) is 7.88. The van der Waals surface area contributed by atoms with Crippen LogP contribution in [-0.2, 0) is 23.9 Å². The molecule has 0 radical (unpaired) electrons. The van der Waals surface area contributed by atoms with Gasteiger partial charge in [-0.1, -0.05) is 23.8 Å². The van der Waals surface area contributed by atoms with E-state index in [4.69, 9.17) is 9.47 Å². The zero-order valence-corrected chi connectivity index (χ0v) is 23.0. The van der Waals surface area contributed by atoms with Gasteiger partial charge in [0.15, 0.2) is 0 Å². The fraction of sp³-hybridized carbons (Fsp3) is 0.700. The van der Waals surface area contributed by atoms with Gasteiger partial charge >= 0.3 is 11.9 Å². The van der Waals surface area contributed by atoms with E-state index in [-0.39, 0.29) is 44.0 Å². The minimum Gasteiger partial charge on any atom is -0.465 e. The number of carbonyl (C=O) groups is 3. The molecule has 8 atom stereocenters. The number of esters is 2. The van der Waals surface area contributed by atoms with Gasteiger partial charge in [0.2, 0.25) is 0 Å². The van der Waals surface area contributed by atoms with Crippen LogP contribution in [0.15, 0.2) is 34.9 Å². The monoisotopic (exact) mass is 528 g/mol. The lowest BCUT2D eigenvalue weighted by Crippen LogP contribution is -2.74. The second-order valence-corrected chi connectivity index (χ2v) is 12.7. The molecule has 0 aromatic carbocycles. The van der Waals surface area contributed by atoms with Crippen molar-refractivity contribution in [2.45, 2.75) is 102 Å². The van der Waals surface area contributed by atoms with Crippen molar-refractivity contribution >= 4 is 17.7 Å². The Morgan fingerprint density at radius 2 is 1.89 bits per heavy atom. The van der Waals surface area contributed by atoms with E-state index in [0.717, 1.165) is 11.1 Å². The van der Waals surface area contributed by atoms with Gasteiger partial charge in [-0.2, -0.15) is 0 Å². The highest BCUT2D eigenvalue weighted by Gasteiger charge is 2.78. The Balaban J connectivity index is 1.61. The Kier molecular flexibility index (Phi) is 6.18. The zero-order chi connectivity index (χ0) is 27.9. The maximum atomic E-state index is 13.3. The number of Topliss-reactive ketones (excluding diaryl/α,β-unsaturated/α-hetero) is 1. The molecule has 8 heteroatoms. The van der Waals surface area contributed by atoms with Crippen LogP contribution < -0.4 is 0 Å². The molecular weight excluding hydrogens is 488 g/mol. The highest BCUT2D eigenvalue weighted by atomic mass is 16.6. The van der Waals surface area contributed by atoms with Crippen LogP contribution in [0.2, 0.25) is 0 Å². The minimum absolute atomic E-state index is 0.0257. The molecule has 0 unspecified atom stereocenters. The third-order valence-electron chi connectivity index (χ3n) is 11.3. The number of cyclic esters (lactones) is 1. The quantitative estimate of drug-likeness (QED) is 0.475. The average Bonchev–Trinajstić information content (AvgIpc) is 3.10. The van der Waals surface area contributed by atoms with Gasteiger partial charge in [-0.05, 0) is 77.2 Å². The highest BCUT2D eigenvalue weighted by molar-refractivity contribution is 5.92.